The van der Waals surface area contributed by atoms with Crippen molar-refractivity contribution in [1.82, 2.24) is 0 Å². The Labute approximate surface area is 121 Å². The molecule has 1 aliphatic rings. The van der Waals surface area contributed by atoms with E-state index in [0.29, 0.717) is 11.4 Å². The predicted molar refractivity (Wildman–Crippen MR) is 78.6 cm³/mol. The Balaban J connectivity index is 2.03. The zero-order valence-corrected chi connectivity index (χ0v) is 11.6. The fourth-order valence-electron chi connectivity index (χ4n) is 2.58. The summed E-state index contributed by atoms with van der Waals surface area (Å²) in [4.78, 5) is 24.5. The number of nitrogens with zero attached hydrogens (tertiary/aromatic N) is 1. The van der Waals surface area contributed by atoms with Crippen LogP contribution in [0.2, 0.25) is 0 Å². The van der Waals surface area contributed by atoms with Crippen molar-refractivity contribution >= 4 is 28.3 Å². The fourth-order valence-corrected chi connectivity index (χ4v) is 2.58. The first-order valence-electron chi connectivity index (χ1n) is 6.75. The number of likely N-dealkylation sites (N-methyl/N-ethyl adjacent to an activating group) is 1. The summed E-state index contributed by atoms with van der Waals surface area (Å²) in [5.74, 6) is -0.498. The van der Waals surface area contributed by atoms with Gasteiger partial charge >= 0.3 is 5.97 Å². The monoisotopic (exact) mass is 285 g/mol. The van der Waals surface area contributed by atoms with Crippen LogP contribution in [0.4, 0.5) is 5.69 Å². The Morgan fingerprint density at radius 1 is 1.29 bits per heavy atom. The molecule has 3 rings (SSSR count). The minimum absolute atomic E-state index is 0.0929. The van der Waals surface area contributed by atoms with Gasteiger partial charge in [-0.15, -0.1) is 0 Å². The van der Waals surface area contributed by atoms with E-state index in [1.54, 1.807) is 7.05 Å². The number of carbonyl (C=O) groups excluding carboxylic acids is 1. The molecule has 0 saturated heterocycles. The Kier molecular flexibility index (Phi) is 3.25. The summed E-state index contributed by atoms with van der Waals surface area (Å²) in [7, 11) is 1.69. The fraction of sp³-hybridized carbons (Fsp3) is 0.250. The van der Waals surface area contributed by atoms with Crippen molar-refractivity contribution in [1.29, 1.82) is 0 Å². The van der Waals surface area contributed by atoms with Crippen LogP contribution in [-0.2, 0) is 9.59 Å². The number of hydrogen-bond donors (Lipinski definition) is 1. The van der Waals surface area contributed by atoms with Crippen molar-refractivity contribution in [3.63, 3.8) is 0 Å². The van der Waals surface area contributed by atoms with Crippen molar-refractivity contribution in [3.8, 4) is 5.75 Å². The highest BCUT2D eigenvalue weighted by atomic mass is 16.5. The zero-order valence-electron chi connectivity index (χ0n) is 11.6. The molecule has 1 N–H and O–H groups in total. The number of fused-ring (bicyclic) bond motifs is 3. The smallest absolute Gasteiger partial charge is 0.303 e. The Morgan fingerprint density at radius 2 is 2.05 bits per heavy atom. The number of benzene rings is 2. The SMILES string of the molecule is CN1C(=O)C(CCC(=O)O)Oc2c1ccc1ccccc21. The maximum Gasteiger partial charge on any atom is 0.303 e. The van der Waals surface area contributed by atoms with Crippen LogP contribution in [0, 0.1) is 0 Å². The van der Waals surface area contributed by atoms with Gasteiger partial charge in [0.1, 0.15) is 0 Å². The molecule has 0 aliphatic carbocycles. The molecule has 1 amide bonds. The number of carboxylic acids is 1. The van der Waals surface area contributed by atoms with Crippen LogP contribution in [0.3, 0.4) is 0 Å². The lowest BCUT2D eigenvalue weighted by molar-refractivity contribution is -0.138. The van der Waals surface area contributed by atoms with Gasteiger partial charge in [0, 0.05) is 25.3 Å². The maximum absolute atomic E-state index is 12.2. The van der Waals surface area contributed by atoms with Gasteiger partial charge < -0.3 is 14.7 Å². The largest absolute Gasteiger partial charge is 0.481 e. The molecule has 21 heavy (non-hydrogen) atoms. The van der Waals surface area contributed by atoms with E-state index in [2.05, 4.69) is 0 Å². The third-order valence-corrected chi connectivity index (χ3v) is 3.71. The predicted octanol–water partition coefficient (Wildman–Crippen LogP) is 2.43. The van der Waals surface area contributed by atoms with Crippen molar-refractivity contribution in [3.05, 3.63) is 36.4 Å². The molecule has 0 radical (unpaired) electrons. The second-order valence-electron chi connectivity index (χ2n) is 5.07. The van der Waals surface area contributed by atoms with Crippen LogP contribution in [-0.4, -0.2) is 30.1 Å². The molecule has 108 valence electrons. The average molecular weight is 285 g/mol. The van der Waals surface area contributed by atoms with Gasteiger partial charge in [0.25, 0.3) is 5.91 Å². The van der Waals surface area contributed by atoms with Crippen LogP contribution < -0.4 is 9.64 Å². The Bertz CT molecular complexity index is 725. The number of carboxylic acid groups (broad SMARTS) is 1. The number of ether oxygens (including phenoxy) is 1. The molecule has 0 saturated carbocycles. The van der Waals surface area contributed by atoms with Crippen LogP contribution in [0.25, 0.3) is 10.8 Å². The van der Waals surface area contributed by atoms with E-state index < -0.39 is 12.1 Å². The summed E-state index contributed by atoms with van der Waals surface area (Å²) in [5, 5.41) is 10.7. The first kappa shape index (κ1) is 13.4. The zero-order chi connectivity index (χ0) is 15.0. The number of hydrogen-bond acceptors (Lipinski definition) is 3. The molecule has 0 bridgehead atoms. The molecule has 2 aromatic carbocycles. The third-order valence-electron chi connectivity index (χ3n) is 3.71. The summed E-state index contributed by atoms with van der Waals surface area (Å²) in [6.45, 7) is 0. The lowest BCUT2D eigenvalue weighted by atomic mass is 10.0. The second-order valence-corrected chi connectivity index (χ2v) is 5.07. The summed E-state index contributed by atoms with van der Waals surface area (Å²) in [6, 6.07) is 11.6. The van der Waals surface area contributed by atoms with Gasteiger partial charge in [-0.05, 0) is 11.5 Å². The van der Waals surface area contributed by atoms with Crippen LogP contribution in [0.5, 0.6) is 5.75 Å². The summed E-state index contributed by atoms with van der Waals surface area (Å²) in [5.41, 5.74) is 0.713. The van der Waals surface area contributed by atoms with Crippen molar-refractivity contribution in [2.75, 3.05) is 11.9 Å². The Morgan fingerprint density at radius 3 is 2.81 bits per heavy atom. The van der Waals surface area contributed by atoms with Gasteiger partial charge in [-0.25, -0.2) is 0 Å². The normalized spacial score (nSPS) is 17.5. The van der Waals surface area contributed by atoms with Crippen LogP contribution in [0.1, 0.15) is 12.8 Å². The molecule has 1 aliphatic heterocycles. The minimum Gasteiger partial charge on any atom is -0.481 e. The van der Waals surface area contributed by atoms with Gasteiger partial charge in [-0.3, -0.25) is 9.59 Å². The maximum atomic E-state index is 12.2. The van der Waals surface area contributed by atoms with E-state index in [1.807, 2.05) is 36.4 Å². The summed E-state index contributed by atoms with van der Waals surface area (Å²) >= 11 is 0. The lowest BCUT2D eigenvalue weighted by Gasteiger charge is -2.32. The van der Waals surface area contributed by atoms with E-state index in [4.69, 9.17) is 9.84 Å². The van der Waals surface area contributed by atoms with Crippen molar-refractivity contribution in [2.45, 2.75) is 18.9 Å². The molecule has 1 heterocycles. The topological polar surface area (TPSA) is 66.8 Å². The van der Waals surface area contributed by atoms with E-state index in [9.17, 15) is 9.59 Å². The molecule has 5 nitrogen and oxygen atoms in total. The number of carbonyl (C=O) groups is 2. The lowest BCUT2D eigenvalue weighted by Crippen LogP contribution is -2.44. The highest BCUT2D eigenvalue weighted by molar-refractivity contribution is 6.05. The third kappa shape index (κ3) is 2.31. The second kappa shape index (κ2) is 5.09. The molecule has 1 atom stereocenters. The average Bonchev–Trinajstić information content (AvgIpc) is 2.49. The molecule has 0 aromatic heterocycles. The van der Waals surface area contributed by atoms with Gasteiger partial charge in [-0.2, -0.15) is 0 Å². The van der Waals surface area contributed by atoms with Gasteiger partial charge in [-0.1, -0.05) is 30.3 Å². The van der Waals surface area contributed by atoms with Gasteiger partial charge in [0.15, 0.2) is 11.9 Å². The standard InChI is InChI=1S/C16H15NO4/c1-17-12-7-6-10-4-2-3-5-11(10)15(12)21-13(16(17)20)8-9-14(18)19/h2-7,13H,8-9H2,1H3,(H,18,19). The molecule has 0 spiro atoms. The van der Waals surface area contributed by atoms with Gasteiger partial charge in [0.05, 0.1) is 5.69 Å². The molecule has 2 aromatic rings. The summed E-state index contributed by atoms with van der Waals surface area (Å²) < 4.78 is 5.82. The number of aliphatic carboxylic acids is 1. The molecular weight excluding hydrogens is 270 g/mol. The van der Waals surface area contributed by atoms with Gasteiger partial charge in [0.2, 0.25) is 0 Å². The Hall–Kier alpha value is -2.56. The van der Waals surface area contributed by atoms with E-state index in [0.717, 1.165) is 10.8 Å². The number of anilines is 1. The summed E-state index contributed by atoms with van der Waals surface area (Å²) in [6.07, 6.45) is -0.671. The number of rotatable bonds is 3. The van der Waals surface area contributed by atoms with Crippen LogP contribution >= 0.6 is 0 Å². The van der Waals surface area contributed by atoms with E-state index in [1.165, 1.54) is 4.90 Å². The first-order chi connectivity index (χ1) is 10.1. The minimum atomic E-state index is -0.933. The molecule has 0 fully saturated rings. The first-order valence-corrected chi connectivity index (χ1v) is 6.75. The van der Waals surface area contributed by atoms with Crippen LogP contribution in [0.15, 0.2) is 36.4 Å². The quantitative estimate of drug-likeness (QED) is 0.940. The molecule has 1 unspecified atom stereocenters. The van der Waals surface area contributed by atoms with Crippen molar-refractivity contribution < 1.29 is 19.4 Å². The number of amides is 1. The van der Waals surface area contributed by atoms with Crippen molar-refractivity contribution in [2.24, 2.45) is 0 Å². The molecular formula is C16H15NO4. The highest BCUT2D eigenvalue weighted by Crippen LogP contribution is 2.40. The molecule has 5 heteroatoms. The van der Waals surface area contributed by atoms with E-state index >= 15 is 0 Å². The van der Waals surface area contributed by atoms with E-state index in [-0.39, 0.29) is 18.7 Å². The highest BCUT2D eigenvalue weighted by Gasteiger charge is 2.33.